The Morgan fingerprint density at radius 2 is 1.52 bits per heavy atom. The Morgan fingerprint density at radius 3 is 2.17 bits per heavy atom. The lowest BCUT2D eigenvalue weighted by Crippen LogP contribution is -2.12. The summed E-state index contributed by atoms with van der Waals surface area (Å²) in [6, 6.07) is 12.3. The maximum atomic E-state index is 12.3. The van der Waals surface area contributed by atoms with Crippen molar-refractivity contribution in [2.75, 3.05) is 27.4 Å². The van der Waals surface area contributed by atoms with Crippen molar-refractivity contribution in [2.45, 2.75) is 6.92 Å². The Balaban J connectivity index is 2.08. The molecule has 0 spiro atoms. The van der Waals surface area contributed by atoms with Gasteiger partial charge in [0, 0.05) is 5.56 Å². The number of benzene rings is 2. The normalized spacial score (nSPS) is 10.0. The highest BCUT2D eigenvalue weighted by Gasteiger charge is 2.13. The first kappa shape index (κ1) is 16.7. The molecular weight excluding hydrogens is 296 g/mol. The minimum absolute atomic E-state index is 0.0858. The highest BCUT2D eigenvalue weighted by atomic mass is 16.5. The van der Waals surface area contributed by atoms with Crippen molar-refractivity contribution in [2.24, 2.45) is 0 Å². The molecule has 5 nitrogen and oxygen atoms in total. The summed E-state index contributed by atoms with van der Waals surface area (Å²) in [6.07, 6.45) is 0. The van der Waals surface area contributed by atoms with Gasteiger partial charge in [-0.25, -0.2) is 0 Å². The van der Waals surface area contributed by atoms with E-state index < -0.39 is 0 Å². The Hall–Kier alpha value is -2.69. The van der Waals surface area contributed by atoms with Crippen molar-refractivity contribution in [3.05, 3.63) is 48.0 Å². The average Bonchev–Trinajstić information content (AvgIpc) is 2.60. The minimum atomic E-state index is -0.155. The predicted octanol–water partition coefficient (Wildman–Crippen LogP) is 3.36. The molecule has 0 aliphatic carbocycles. The molecule has 0 unspecified atom stereocenters. The first-order chi connectivity index (χ1) is 11.2. The third kappa shape index (κ3) is 4.16. The van der Waals surface area contributed by atoms with Gasteiger partial charge in [-0.05, 0) is 37.3 Å². The zero-order chi connectivity index (χ0) is 16.7. The standard InChI is InChI=1S/C18H20O5/c1-4-22-17-10-9-13(11-18(17)21-3)14(19)12-23-16-8-6-5-7-15(16)20-2/h5-11H,4,12H2,1-3H3. The molecule has 0 fully saturated rings. The van der Waals surface area contributed by atoms with Crippen molar-refractivity contribution < 1.29 is 23.7 Å². The summed E-state index contributed by atoms with van der Waals surface area (Å²) in [4.78, 5) is 12.3. The quantitative estimate of drug-likeness (QED) is 0.699. The van der Waals surface area contributed by atoms with Gasteiger partial charge < -0.3 is 18.9 Å². The Bertz CT molecular complexity index is 666. The van der Waals surface area contributed by atoms with Crippen LogP contribution in [0.15, 0.2) is 42.5 Å². The second-order valence-corrected chi connectivity index (χ2v) is 4.66. The van der Waals surface area contributed by atoms with Crippen LogP contribution in [0.5, 0.6) is 23.0 Å². The van der Waals surface area contributed by atoms with E-state index in [0.717, 1.165) is 0 Å². The zero-order valence-electron chi connectivity index (χ0n) is 13.5. The van der Waals surface area contributed by atoms with Crippen molar-refractivity contribution in [3.63, 3.8) is 0 Å². The maximum Gasteiger partial charge on any atom is 0.200 e. The lowest BCUT2D eigenvalue weighted by Gasteiger charge is -2.12. The van der Waals surface area contributed by atoms with Gasteiger partial charge >= 0.3 is 0 Å². The summed E-state index contributed by atoms with van der Waals surface area (Å²) < 4.78 is 21.4. The molecule has 2 aromatic carbocycles. The van der Waals surface area contributed by atoms with Crippen LogP contribution in [0.25, 0.3) is 0 Å². The highest BCUT2D eigenvalue weighted by molar-refractivity contribution is 5.97. The number of ether oxygens (including phenoxy) is 4. The van der Waals surface area contributed by atoms with Gasteiger partial charge in [-0.2, -0.15) is 0 Å². The van der Waals surface area contributed by atoms with Crippen LogP contribution >= 0.6 is 0 Å². The topological polar surface area (TPSA) is 54.0 Å². The maximum absolute atomic E-state index is 12.3. The first-order valence-electron chi connectivity index (χ1n) is 7.29. The van der Waals surface area contributed by atoms with Gasteiger partial charge in [0.1, 0.15) is 0 Å². The zero-order valence-corrected chi connectivity index (χ0v) is 13.5. The Labute approximate surface area is 135 Å². The number of para-hydroxylation sites is 2. The van der Waals surface area contributed by atoms with Gasteiger partial charge in [0.05, 0.1) is 20.8 Å². The summed E-state index contributed by atoms with van der Waals surface area (Å²) in [5.74, 6) is 2.09. The molecule has 5 heteroatoms. The lowest BCUT2D eigenvalue weighted by molar-refractivity contribution is 0.0919. The molecule has 0 saturated heterocycles. The molecule has 0 bridgehead atoms. The van der Waals surface area contributed by atoms with Gasteiger partial charge in [0.2, 0.25) is 0 Å². The van der Waals surface area contributed by atoms with Crippen molar-refractivity contribution in [1.29, 1.82) is 0 Å². The number of rotatable bonds is 8. The molecule has 122 valence electrons. The van der Waals surface area contributed by atoms with Gasteiger partial charge in [-0.1, -0.05) is 12.1 Å². The largest absolute Gasteiger partial charge is 0.493 e. The monoisotopic (exact) mass is 316 g/mol. The molecule has 23 heavy (non-hydrogen) atoms. The van der Waals surface area contributed by atoms with E-state index in [4.69, 9.17) is 18.9 Å². The van der Waals surface area contributed by atoms with Crippen LogP contribution in [0.1, 0.15) is 17.3 Å². The van der Waals surface area contributed by atoms with Crippen molar-refractivity contribution in [3.8, 4) is 23.0 Å². The molecule has 2 aromatic rings. The lowest BCUT2D eigenvalue weighted by atomic mass is 10.1. The molecule has 0 radical (unpaired) electrons. The van der Waals surface area contributed by atoms with E-state index in [0.29, 0.717) is 35.2 Å². The summed E-state index contributed by atoms with van der Waals surface area (Å²) in [6.45, 7) is 2.33. The molecule has 0 aromatic heterocycles. The number of carbonyl (C=O) groups excluding carboxylic acids is 1. The Kier molecular flexibility index (Phi) is 5.86. The summed E-state index contributed by atoms with van der Waals surface area (Å²) in [7, 11) is 3.10. The van der Waals surface area contributed by atoms with Gasteiger partial charge in [0.25, 0.3) is 0 Å². The number of ketones is 1. The van der Waals surface area contributed by atoms with Crippen LogP contribution in [0.2, 0.25) is 0 Å². The third-order valence-electron chi connectivity index (χ3n) is 3.21. The molecular formula is C18H20O5. The average molecular weight is 316 g/mol. The summed E-state index contributed by atoms with van der Waals surface area (Å²) >= 11 is 0. The van der Waals surface area contributed by atoms with E-state index in [1.807, 2.05) is 19.1 Å². The fraction of sp³-hybridized carbons (Fsp3) is 0.278. The van der Waals surface area contributed by atoms with E-state index in [2.05, 4.69) is 0 Å². The van der Waals surface area contributed by atoms with Crippen LogP contribution < -0.4 is 18.9 Å². The summed E-state index contributed by atoms with van der Waals surface area (Å²) in [5.41, 5.74) is 0.500. The second-order valence-electron chi connectivity index (χ2n) is 4.66. The number of Topliss-reactive ketones (excluding diaryl/α,β-unsaturated/α-hetero) is 1. The van der Waals surface area contributed by atoms with Crippen molar-refractivity contribution in [1.82, 2.24) is 0 Å². The second kappa shape index (κ2) is 8.08. The number of hydrogen-bond donors (Lipinski definition) is 0. The first-order valence-corrected chi connectivity index (χ1v) is 7.29. The van der Waals surface area contributed by atoms with Gasteiger partial charge in [-0.15, -0.1) is 0 Å². The van der Waals surface area contributed by atoms with Crippen molar-refractivity contribution >= 4 is 5.78 Å². The fourth-order valence-electron chi connectivity index (χ4n) is 2.08. The smallest absolute Gasteiger partial charge is 0.200 e. The Morgan fingerprint density at radius 1 is 0.870 bits per heavy atom. The molecule has 0 amide bonds. The van der Waals surface area contributed by atoms with E-state index in [1.165, 1.54) is 7.11 Å². The predicted molar refractivity (Wildman–Crippen MR) is 87.0 cm³/mol. The molecule has 0 N–H and O–H groups in total. The van der Waals surface area contributed by atoms with E-state index in [9.17, 15) is 4.79 Å². The minimum Gasteiger partial charge on any atom is -0.493 e. The van der Waals surface area contributed by atoms with Gasteiger partial charge in [-0.3, -0.25) is 4.79 Å². The van der Waals surface area contributed by atoms with Crippen LogP contribution in [-0.2, 0) is 0 Å². The number of methoxy groups -OCH3 is 2. The van der Waals surface area contributed by atoms with Crippen LogP contribution in [0, 0.1) is 0 Å². The SMILES string of the molecule is CCOc1ccc(C(=O)COc2ccccc2OC)cc1OC. The van der Waals surface area contributed by atoms with Crippen LogP contribution in [0.3, 0.4) is 0 Å². The fourth-order valence-corrected chi connectivity index (χ4v) is 2.08. The number of carbonyl (C=O) groups is 1. The highest BCUT2D eigenvalue weighted by Crippen LogP contribution is 2.29. The number of hydrogen-bond acceptors (Lipinski definition) is 5. The molecule has 0 aliphatic heterocycles. The molecule has 2 rings (SSSR count). The van der Waals surface area contributed by atoms with Gasteiger partial charge in [0.15, 0.2) is 35.4 Å². The molecule has 0 heterocycles. The van der Waals surface area contributed by atoms with E-state index in [1.54, 1.807) is 37.4 Å². The molecule has 0 saturated carbocycles. The molecule has 0 atom stereocenters. The van der Waals surface area contributed by atoms with Crippen LogP contribution in [-0.4, -0.2) is 33.2 Å². The summed E-state index contributed by atoms with van der Waals surface area (Å²) in [5, 5.41) is 0. The van der Waals surface area contributed by atoms with Crippen LogP contribution in [0.4, 0.5) is 0 Å². The third-order valence-corrected chi connectivity index (χ3v) is 3.21. The van der Waals surface area contributed by atoms with E-state index in [-0.39, 0.29) is 12.4 Å². The van der Waals surface area contributed by atoms with E-state index >= 15 is 0 Å². The molecule has 0 aliphatic rings.